The van der Waals surface area contributed by atoms with Gasteiger partial charge in [0.25, 0.3) is 5.91 Å². The number of carbonyl (C=O) groups is 3. The zero-order chi connectivity index (χ0) is 31.4. The molecule has 0 spiro atoms. The Hall–Kier alpha value is -3.69. The molecule has 3 N–H and O–H groups in total. The van der Waals surface area contributed by atoms with Crippen LogP contribution in [0.4, 0.5) is 8.78 Å². The van der Waals surface area contributed by atoms with Crippen molar-refractivity contribution >= 4 is 46.7 Å². The van der Waals surface area contributed by atoms with Gasteiger partial charge in [-0.05, 0) is 54.8 Å². The molecule has 0 aliphatic carbocycles. The Balaban J connectivity index is 1.15. The van der Waals surface area contributed by atoms with Gasteiger partial charge in [-0.25, -0.2) is 0 Å². The van der Waals surface area contributed by atoms with Gasteiger partial charge in [-0.1, -0.05) is 36.4 Å². The van der Waals surface area contributed by atoms with E-state index in [4.69, 9.17) is 9.79 Å². The molecule has 10 nitrogen and oxygen atoms in total. The second kappa shape index (κ2) is 11.3. The molecule has 1 aromatic heterocycles. The molecule has 14 heteroatoms. The molecule has 3 amide bonds. The van der Waals surface area contributed by atoms with Gasteiger partial charge in [0, 0.05) is 35.3 Å². The molecule has 3 aliphatic rings. The zero-order valence-corrected chi connectivity index (χ0v) is 25.0. The van der Waals surface area contributed by atoms with Crippen molar-refractivity contribution < 1.29 is 37.5 Å². The molecule has 0 saturated carbocycles. The summed E-state index contributed by atoms with van der Waals surface area (Å²) < 4.78 is 40.2. The molecule has 4 heterocycles. The fourth-order valence-corrected chi connectivity index (χ4v) is 8.06. The number of benzene rings is 2. The highest BCUT2D eigenvalue weighted by Gasteiger charge is 2.51. The Kier molecular flexibility index (Phi) is 7.82. The van der Waals surface area contributed by atoms with Crippen LogP contribution in [0.2, 0.25) is 0 Å². The lowest BCUT2D eigenvalue weighted by Crippen LogP contribution is -2.59. The first-order chi connectivity index (χ1) is 20.9. The van der Waals surface area contributed by atoms with Crippen LogP contribution in [0, 0.1) is 17.2 Å². The number of alkyl halides is 2. The Morgan fingerprint density at radius 1 is 1.05 bits per heavy atom. The number of piperidine rings is 1. The van der Waals surface area contributed by atoms with Crippen LogP contribution < -0.4 is 5.32 Å². The minimum atomic E-state index is -5.76. The van der Waals surface area contributed by atoms with Crippen LogP contribution in [-0.4, -0.2) is 68.5 Å². The van der Waals surface area contributed by atoms with E-state index in [1.807, 2.05) is 30.3 Å². The summed E-state index contributed by atoms with van der Waals surface area (Å²) in [5.41, 5.74) is -4.26. The maximum absolute atomic E-state index is 14.2. The molecule has 0 bridgehead atoms. The van der Waals surface area contributed by atoms with Crippen LogP contribution in [0.1, 0.15) is 52.4 Å². The Labute approximate surface area is 255 Å². The van der Waals surface area contributed by atoms with Crippen molar-refractivity contribution in [2.24, 2.45) is 5.92 Å². The van der Waals surface area contributed by atoms with Crippen molar-refractivity contribution in [2.45, 2.75) is 55.4 Å². The highest BCUT2D eigenvalue weighted by Crippen LogP contribution is 2.59. The number of nitriles is 1. The van der Waals surface area contributed by atoms with Gasteiger partial charge < -0.3 is 24.9 Å². The molecule has 3 saturated heterocycles. The highest BCUT2D eigenvalue weighted by atomic mass is 32.1. The maximum Gasteiger partial charge on any atom is 0.399 e. The molecule has 5 atom stereocenters. The van der Waals surface area contributed by atoms with E-state index >= 15 is 0 Å². The van der Waals surface area contributed by atoms with Gasteiger partial charge >= 0.3 is 13.3 Å². The molecule has 1 unspecified atom stereocenters. The number of thiophene rings is 1. The van der Waals surface area contributed by atoms with E-state index in [9.17, 15) is 33.0 Å². The summed E-state index contributed by atoms with van der Waals surface area (Å²) in [6.45, 7) is 0.671. The minimum absolute atomic E-state index is 0.119. The second-order valence-corrected chi connectivity index (χ2v) is 14.3. The summed E-state index contributed by atoms with van der Waals surface area (Å²) in [6, 6.07) is 14.7. The fourth-order valence-electron chi connectivity index (χ4n) is 6.64. The number of halogens is 2. The Morgan fingerprint density at radius 3 is 2.48 bits per heavy atom. The van der Waals surface area contributed by atoms with Crippen molar-refractivity contribution in [3.63, 3.8) is 0 Å². The van der Waals surface area contributed by atoms with E-state index in [1.165, 1.54) is 12.1 Å². The normalized spacial score (nSPS) is 25.6. The smallest absolute Gasteiger partial charge is 0.340 e. The average Bonchev–Trinajstić information content (AvgIpc) is 3.74. The zero-order valence-electron chi connectivity index (χ0n) is 23.3. The van der Waals surface area contributed by atoms with Gasteiger partial charge in [-0.15, -0.1) is 11.3 Å². The maximum atomic E-state index is 14.2. The van der Waals surface area contributed by atoms with Gasteiger partial charge in [-0.2, -0.15) is 14.0 Å². The van der Waals surface area contributed by atoms with E-state index in [1.54, 1.807) is 9.80 Å². The molecule has 2 aromatic carbocycles. The van der Waals surface area contributed by atoms with Crippen molar-refractivity contribution in [1.29, 1.82) is 5.26 Å². The van der Waals surface area contributed by atoms with Crippen molar-refractivity contribution in [2.75, 3.05) is 13.1 Å². The molecule has 3 aliphatic heterocycles. The van der Waals surface area contributed by atoms with E-state index in [2.05, 4.69) is 11.4 Å². The molecule has 230 valence electrons. The van der Waals surface area contributed by atoms with E-state index < -0.39 is 36.8 Å². The Morgan fingerprint density at radius 2 is 1.77 bits per heavy atom. The number of rotatable bonds is 6. The number of fused-ring (bicyclic) bond motifs is 2. The summed E-state index contributed by atoms with van der Waals surface area (Å²) in [5, 5.41) is 12.7. The molecular weight excluding hydrogens is 613 g/mol. The first kappa shape index (κ1) is 30.3. The van der Waals surface area contributed by atoms with Crippen molar-refractivity contribution in [3.05, 3.63) is 70.6 Å². The quantitative estimate of drug-likeness (QED) is 0.342. The first-order valence-electron chi connectivity index (χ1n) is 14.2. The molecule has 44 heavy (non-hydrogen) atoms. The van der Waals surface area contributed by atoms with E-state index in [0.29, 0.717) is 36.9 Å². The molecule has 0 radical (unpaired) electrons. The fraction of sp³-hybridized carbons (Fsp3) is 0.400. The summed E-state index contributed by atoms with van der Waals surface area (Å²) in [5.74, 6) is -1.62. The predicted octanol–water partition coefficient (Wildman–Crippen LogP) is 4.15. The predicted molar refractivity (Wildman–Crippen MR) is 157 cm³/mol. The number of amides is 3. The monoisotopic (exact) mass is 642 g/mol. The Bertz CT molecular complexity index is 1720. The van der Waals surface area contributed by atoms with Crippen LogP contribution in [-0.2, 0) is 19.8 Å². The van der Waals surface area contributed by atoms with Gasteiger partial charge in [0.05, 0.1) is 16.9 Å². The number of nitrogens with one attached hydrogen (secondary N) is 1. The third-order valence-electron chi connectivity index (χ3n) is 8.91. The third-order valence-corrected chi connectivity index (χ3v) is 11.0. The third kappa shape index (κ3) is 5.30. The minimum Gasteiger partial charge on any atom is -0.340 e. The standard InChI is InChI=1S/C30H29F2N4O6PS/c31-30(32,43(40,41)42)20-6-11-25-18(12-20)13-26(44-25)27(37)34-23-9-7-21-8-10-24(36(21)28(23)38)29(39)35-15-19(14-33)22(16-35)17-4-2-1-3-5-17/h1-6,11-13,19,21-24H,7-10,15-16H2,(H,34,37)(H2,40,41,42)/t19?,21-,22+,23-,24-/m0/s1. The summed E-state index contributed by atoms with van der Waals surface area (Å²) in [4.78, 5) is 62.1. The summed E-state index contributed by atoms with van der Waals surface area (Å²) >= 11 is 1.00. The molecule has 3 fully saturated rings. The molecular formula is C30H29F2N4O6PS. The molecule has 6 rings (SSSR count). The van der Waals surface area contributed by atoms with Crippen LogP contribution in [0.3, 0.4) is 0 Å². The second-order valence-electron chi connectivity index (χ2n) is 11.5. The summed E-state index contributed by atoms with van der Waals surface area (Å²) in [7, 11) is -5.76. The molecule has 3 aromatic rings. The SMILES string of the molecule is N#CC1CN(C(=O)[C@@H]2CC[C@@H]3CC[C@H](NC(=O)c4cc5cc(C(F)(F)P(=O)(O)O)ccc5s4)C(=O)N32)C[C@@H]1c1ccccc1. The number of carbonyl (C=O) groups excluding carboxylic acids is 3. The van der Waals surface area contributed by atoms with Crippen molar-refractivity contribution in [3.8, 4) is 6.07 Å². The number of likely N-dealkylation sites (tertiary alicyclic amines) is 1. The van der Waals surface area contributed by atoms with Crippen LogP contribution in [0.15, 0.2) is 54.6 Å². The topological polar surface area (TPSA) is 151 Å². The van der Waals surface area contributed by atoms with Gasteiger partial charge in [0.1, 0.15) is 12.1 Å². The average molecular weight is 643 g/mol. The van der Waals surface area contributed by atoms with E-state index in [-0.39, 0.29) is 46.5 Å². The lowest BCUT2D eigenvalue weighted by atomic mass is 9.90. The first-order valence-corrected chi connectivity index (χ1v) is 16.7. The number of hydrogen-bond donors (Lipinski definition) is 3. The van der Waals surface area contributed by atoms with Gasteiger partial charge in [0.2, 0.25) is 11.8 Å². The largest absolute Gasteiger partial charge is 0.399 e. The number of hydrogen-bond acceptors (Lipinski definition) is 6. The number of nitrogens with zero attached hydrogens (tertiary/aromatic N) is 3. The summed E-state index contributed by atoms with van der Waals surface area (Å²) in [6.07, 6.45) is 2.14. The van der Waals surface area contributed by atoms with E-state index in [0.717, 1.165) is 29.0 Å². The van der Waals surface area contributed by atoms with Crippen LogP contribution in [0.25, 0.3) is 10.1 Å². The lowest BCUT2D eigenvalue weighted by molar-refractivity contribution is -0.148. The van der Waals surface area contributed by atoms with Gasteiger partial charge in [0.15, 0.2) is 0 Å². The van der Waals surface area contributed by atoms with Gasteiger partial charge in [-0.3, -0.25) is 18.9 Å². The van der Waals surface area contributed by atoms with Crippen LogP contribution >= 0.6 is 18.9 Å². The highest BCUT2D eigenvalue weighted by molar-refractivity contribution is 7.52. The lowest BCUT2D eigenvalue weighted by Gasteiger charge is -2.38. The van der Waals surface area contributed by atoms with Crippen molar-refractivity contribution in [1.82, 2.24) is 15.1 Å². The van der Waals surface area contributed by atoms with Crippen LogP contribution in [0.5, 0.6) is 0 Å².